The number of rotatable bonds is 5. The molecule has 0 radical (unpaired) electrons. The number of halogens is 1. The second-order valence-corrected chi connectivity index (χ2v) is 7.76. The van der Waals surface area contributed by atoms with Crippen LogP contribution in [0.3, 0.4) is 0 Å². The Morgan fingerprint density at radius 1 is 1.11 bits per heavy atom. The van der Waals surface area contributed by atoms with Gasteiger partial charge in [0.15, 0.2) is 0 Å². The molecule has 1 unspecified atom stereocenters. The van der Waals surface area contributed by atoms with Crippen LogP contribution in [0.25, 0.3) is 0 Å². The summed E-state index contributed by atoms with van der Waals surface area (Å²) in [5.41, 5.74) is 7.32. The average Bonchev–Trinajstić information content (AvgIpc) is 2.69. The first-order valence-corrected chi connectivity index (χ1v) is 9.98. The molecule has 3 amide bonds. The molecule has 0 spiro atoms. The van der Waals surface area contributed by atoms with E-state index in [0.29, 0.717) is 24.2 Å². The Morgan fingerprint density at radius 2 is 1.86 bits per heavy atom. The second kappa shape index (κ2) is 9.01. The van der Waals surface area contributed by atoms with E-state index in [0.717, 1.165) is 22.9 Å². The van der Waals surface area contributed by atoms with Gasteiger partial charge in [0.2, 0.25) is 11.8 Å². The van der Waals surface area contributed by atoms with Gasteiger partial charge >= 0.3 is 0 Å². The highest BCUT2D eigenvalue weighted by molar-refractivity contribution is 9.10. The predicted molar refractivity (Wildman–Crippen MR) is 111 cm³/mol. The summed E-state index contributed by atoms with van der Waals surface area (Å²) in [5.74, 6) is -0.889. The first-order chi connectivity index (χ1) is 13.4. The molecule has 1 saturated heterocycles. The molecule has 0 bridgehead atoms. The molecule has 0 saturated carbocycles. The van der Waals surface area contributed by atoms with Crippen molar-refractivity contribution in [1.29, 1.82) is 0 Å². The lowest BCUT2D eigenvalue weighted by Gasteiger charge is -2.33. The van der Waals surface area contributed by atoms with Gasteiger partial charge in [0, 0.05) is 22.3 Å². The maximum atomic E-state index is 12.9. The van der Waals surface area contributed by atoms with Gasteiger partial charge in [-0.1, -0.05) is 34.1 Å². The van der Waals surface area contributed by atoms with Crippen molar-refractivity contribution >= 4 is 39.3 Å². The van der Waals surface area contributed by atoms with Crippen LogP contribution in [0.15, 0.2) is 53.0 Å². The van der Waals surface area contributed by atoms with E-state index in [2.05, 4.69) is 21.2 Å². The average molecular weight is 444 g/mol. The van der Waals surface area contributed by atoms with Crippen LogP contribution < -0.4 is 11.1 Å². The normalized spacial score (nSPS) is 16.5. The second-order valence-electron chi connectivity index (χ2n) is 6.84. The van der Waals surface area contributed by atoms with E-state index in [-0.39, 0.29) is 18.2 Å². The first kappa shape index (κ1) is 20.1. The molecule has 1 aliphatic rings. The van der Waals surface area contributed by atoms with Crippen LogP contribution in [-0.2, 0) is 16.0 Å². The largest absolute Gasteiger partial charge is 0.368 e. The SMILES string of the molecule is NC(=O)C1CCCCN1C(=O)c1cccc(NC(=O)Cc2ccc(Br)cc2)c1. The molecule has 1 atom stereocenters. The Morgan fingerprint density at radius 3 is 2.57 bits per heavy atom. The Kier molecular flexibility index (Phi) is 6.46. The Labute approximate surface area is 172 Å². The highest BCUT2D eigenvalue weighted by Gasteiger charge is 2.31. The van der Waals surface area contributed by atoms with Crippen molar-refractivity contribution in [2.45, 2.75) is 31.7 Å². The van der Waals surface area contributed by atoms with Crippen molar-refractivity contribution < 1.29 is 14.4 Å². The van der Waals surface area contributed by atoms with Gasteiger partial charge in [-0.3, -0.25) is 14.4 Å². The summed E-state index contributed by atoms with van der Waals surface area (Å²) >= 11 is 3.37. The van der Waals surface area contributed by atoms with Crippen molar-refractivity contribution in [1.82, 2.24) is 4.90 Å². The molecule has 3 N–H and O–H groups in total. The van der Waals surface area contributed by atoms with Crippen LogP contribution in [0.4, 0.5) is 5.69 Å². The van der Waals surface area contributed by atoms with Gasteiger partial charge in [0.05, 0.1) is 6.42 Å². The minimum atomic E-state index is -0.572. The summed E-state index contributed by atoms with van der Waals surface area (Å²) < 4.78 is 0.954. The Bertz CT molecular complexity index is 883. The molecule has 2 aromatic carbocycles. The predicted octanol–water partition coefficient (Wildman–Crippen LogP) is 3.11. The highest BCUT2D eigenvalue weighted by Crippen LogP contribution is 2.21. The van der Waals surface area contributed by atoms with Crippen molar-refractivity contribution in [3.05, 3.63) is 64.1 Å². The van der Waals surface area contributed by atoms with Crippen molar-refractivity contribution in [2.75, 3.05) is 11.9 Å². The summed E-state index contributed by atoms with van der Waals surface area (Å²) in [6.45, 7) is 0.507. The Hall–Kier alpha value is -2.67. The number of carbonyl (C=O) groups excluding carboxylic acids is 3. The third kappa shape index (κ3) is 4.98. The number of carbonyl (C=O) groups is 3. The number of likely N-dealkylation sites (tertiary alicyclic amines) is 1. The van der Waals surface area contributed by atoms with E-state index < -0.39 is 11.9 Å². The molecule has 1 heterocycles. The van der Waals surface area contributed by atoms with Crippen LogP contribution in [0.2, 0.25) is 0 Å². The monoisotopic (exact) mass is 443 g/mol. The number of primary amides is 1. The van der Waals surface area contributed by atoms with Gasteiger partial charge in [-0.25, -0.2) is 0 Å². The molecule has 6 nitrogen and oxygen atoms in total. The van der Waals surface area contributed by atoms with E-state index in [4.69, 9.17) is 5.73 Å². The third-order valence-corrected chi connectivity index (χ3v) is 5.29. The van der Waals surface area contributed by atoms with Crippen LogP contribution in [0, 0.1) is 0 Å². The maximum Gasteiger partial charge on any atom is 0.254 e. The zero-order chi connectivity index (χ0) is 20.1. The third-order valence-electron chi connectivity index (χ3n) is 4.76. The van der Waals surface area contributed by atoms with Crippen LogP contribution >= 0.6 is 15.9 Å². The molecule has 2 aromatic rings. The van der Waals surface area contributed by atoms with Crippen LogP contribution in [0.5, 0.6) is 0 Å². The standard InChI is InChI=1S/C21H22BrN3O3/c22-16-9-7-14(8-10-16)12-19(26)24-17-5-3-4-15(13-17)21(28)25-11-2-1-6-18(25)20(23)27/h3-5,7-10,13,18H,1-2,6,11-12H2,(H2,23,27)(H,24,26). The van der Waals surface area contributed by atoms with Crippen LogP contribution in [-0.4, -0.2) is 35.2 Å². The number of nitrogens with one attached hydrogen (secondary N) is 1. The molecule has 0 aromatic heterocycles. The lowest BCUT2D eigenvalue weighted by Crippen LogP contribution is -2.50. The van der Waals surface area contributed by atoms with Crippen LogP contribution in [0.1, 0.15) is 35.2 Å². The molecule has 146 valence electrons. The van der Waals surface area contributed by atoms with Gasteiger partial charge in [0.1, 0.15) is 6.04 Å². The number of amides is 3. The number of piperidine rings is 1. The van der Waals surface area contributed by atoms with E-state index >= 15 is 0 Å². The Balaban J connectivity index is 1.69. The topological polar surface area (TPSA) is 92.5 Å². The van der Waals surface area contributed by atoms with E-state index in [9.17, 15) is 14.4 Å². The minimum Gasteiger partial charge on any atom is -0.368 e. The van der Waals surface area contributed by atoms with E-state index in [1.807, 2.05) is 24.3 Å². The van der Waals surface area contributed by atoms with Gasteiger partial charge in [-0.05, 0) is 55.2 Å². The molecule has 3 rings (SSSR count). The summed E-state index contributed by atoms with van der Waals surface area (Å²) in [6, 6.07) is 13.7. The van der Waals surface area contributed by atoms with Gasteiger partial charge < -0.3 is 16.0 Å². The molecular formula is C21H22BrN3O3. The molecule has 1 fully saturated rings. The summed E-state index contributed by atoms with van der Waals surface area (Å²) in [5, 5.41) is 2.82. The molecule has 0 aliphatic carbocycles. The zero-order valence-corrected chi connectivity index (χ0v) is 16.9. The molecule has 7 heteroatoms. The van der Waals surface area contributed by atoms with Crippen molar-refractivity contribution in [2.24, 2.45) is 5.73 Å². The summed E-state index contributed by atoms with van der Waals surface area (Å²) in [4.78, 5) is 38.4. The fourth-order valence-electron chi connectivity index (χ4n) is 3.36. The highest BCUT2D eigenvalue weighted by atomic mass is 79.9. The van der Waals surface area contributed by atoms with Gasteiger partial charge in [0.25, 0.3) is 5.91 Å². The molecular weight excluding hydrogens is 422 g/mol. The number of benzene rings is 2. The minimum absolute atomic E-state index is 0.167. The smallest absolute Gasteiger partial charge is 0.254 e. The molecule has 28 heavy (non-hydrogen) atoms. The van der Waals surface area contributed by atoms with E-state index in [1.54, 1.807) is 24.3 Å². The number of nitrogens with zero attached hydrogens (tertiary/aromatic N) is 1. The number of hydrogen-bond donors (Lipinski definition) is 2. The fraction of sp³-hybridized carbons (Fsp3) is 0.286. The lowest BCUT2D eigenvalue weighted by atomic mass is 10.00. The quantitative estimate of drug-likeness (QED) is 0.743. The van der Waals surface area contributed by atoms with Gasteiger partial charge in [-0.2, -0.15) is 0 Å². The number of anilines is 1. The van der Waals surface area contributed by atoms with Crippen molar-refractivity contribution in [3.8, 4) is 0 Å². The number of nitrogens with two attached hydrogens (primary N) is 1. The first-order valence-electron chi connectivity index (χ1n) is 9.18. The van der Waals surface area contributed by atoms with Crippen molar-refractivity contribution in [3.63, 3.8) is 0 Å². The summed E-state index contributed by atoms with van der Waals surface area (Å²) in [6.07, 6.45) is 2.55. The lowest BCUT2D eigenvalue weighted by molar-refractivity contribution is -0.123. The summed E-state index contributed by atoms with van der Waals surface area (Å²) in [7, 11) is 0. The maximum absolute atomic E-state index is 12.9. The van der Waals surface area contributed by atoms with Gasteiger partial charge in [-0.15, -0.1) is 0 Å². The van der Waals surface area contributed by atoms with E-state index in [1.165, 1.54) is 4.90 Å². The fourth-order valence-corrected chi connectivity index (χ4v) is 3.62. The molecule has 1 aliphatic heterocycles. The zero-order valence-electron chi connectivity index (χ0n) is 15.4. The number of hydrogen-bond acceptors (Lipinski definition) is 3.